The van der Waals surface area contributed by atoms with E-state index in [1.807, 2.05) is 39.0 Å². The summed E-state index contributed by atoms with van der Waals surface area (Å²) < 4.78 is 0. The summed E-state index contributed by atoms with van der Waals surface area (Å²) in [4.78, 5) is 27.2. The molecule has 2 rings (SSSR count). The second kappa shape index (κ2) is 9.94. The van der Waals surface area contributed by atoms with Gasteiger partial charge in [0.25, 0.3) is 0 Å². The molecule has 0 aliphatic rings. The molecule has 1 N–H and O–H groups in total. The van der Waals surface area contributed by atoms with Crippen LogP contribution in [0.5, 0.6) is 0 Å². The summed E-state index contributed by atoms with van der Waals surface area (Å²) in [6.45, 7) is 6.19. The van der Waals surface area contributed by atoms with Crippen molar-refractivity contribution < 1.29 is 9.59 Å². The molecule has 0 fully saturated rings. The van der Waals surface area contributed by atoms with E-state index in [0.717, 1.165) is 16.7 Å². The average Bonchev–Trinajstić information content (AvgIpc) is 2.65. The van der Waals surface area contributed by atoms with Crippen molar-refractivity contribution in [3.8, 4) is 0 Å². The van der Waals surface area contributed by atoms with E-state index in [0.29, 0.717) is 16.5 Å². The van der Waals surface area contributed by atoms with E-state index in [4.69, 9.17) is 23.2 Å². The summed E-state index contributed by atoms with van der Waals surface area (Å²) in [5, 5.41) is 3.66. The number of hydrogen-bond donors (Lipinski definition) is 1. The van der Waals surface area contributed by atoms with Crippen molar-refractivity contribution >= 4 is 35.0 Å². The van der Waals surface area contributed by atoms with Crippen molar-refractivity contribution in [3.63, 3.8) is 0 Å². The van der Waals surface area contributed by atoms with E-state index in [1.165, 1.54) is 5.56 Å². The van der Waals surface area contributed by atoms with Gasteiger partial charge in [0.15, 0.2) is 0 Å². The lowest BCUT2D eigenvalue weighted by molar-refractivity contribution is -0.140. The van der Waals surface area contributed by atoms with Crippen LogP contribution in [-0.4, -0.2) is 29.8 Å². The molecule has 4 nitrogen and oxygen atoms in total. The van der Waals surface area contributed by atoms with Crippen molar-refractivity contribution in [2.24, 2.45) is 0 Å². The number of aryl methyl sites for hydroxylation is 2. The number of halogens is 2. The number of amides is 2. The van der Waals surface area contributed by atoms with E-state index in [1.54, 1.807) is 30.1 Å². The van der Waals surface area contributed by atoms with Gasteiger partial charge in [-0.15, -0.1) is 0 Å². The van der Waals surface area contributed by atoms with Gasteiger partial charge in [0, 0.05) is 23.6 Å². The smallest absolute Gasteiger partial charge is 0.242 e. The highest BCUT2D eigenvalue weighted by molar-refractivity contribution is 6.35. The molecule has 150 valence electrons. The molecular formula is C22H26Cl2N2O2. The van der Waals surface area contributed by atoms with Crippen molar-refractivity contribution in [2.75, 3.05) is 7.05 Å². The molecule has 2 aromatic rings. The maximum absolute atomic E-state index is 13.2. The molecule has 6 heteroatoms. The summed E-state index contributed by atoms with van der Waals surface area (Å²) in [6, 6.07) is 10.6. The fourth-order valence-corrected chi connectivity index (χ4v) is 3.58. The van der Waals surface area contributed by atoms with Crippen LogP contribution in [0.3, 0.4) is 0 Å². The van der Waals surface area contributed by atoms with E-state index in [9.17, 15) is 9.59 Å². The van der Waals surface area contributed by atoms with Crippen LogP contribution in [0.1, 0.15) is 35.6 Å². The minimum atomic E-state index is -0.573. The summed E-state index contributed by atoms with van der Waals surface area (Å²) in [6.07, 6.45) is 0.726. The number of rotatable bonds is 7. The van der Waals surface area contributed by atoms with Crippen LogP contribution >= 0.6 is 23.2 Å². The van der Waals surface area contributed by atoms with E-state index < -0.39 is 6.04 Å². The predicted molar refractivity (Wildman–Crippen MR) is 115 cm³/mol. The lowest BCUT2D eigenvalue weighted by Gasteiger charge is -2.30. The van der Waals surface area contributed by atoms with Gasteiger partial charge in [0.1, 0.15) is 6.04 Å². The minimum Gasteiger partial charge on any atom is -0.357 e. The Balaban J connectivity index is 2.34. The summed E-state index contributed by atoms with van der Waals surface area (Å²) >= 11 is 12.3. The monoisotopic (exact) mass is 420 g/mol. The Kier molecular flexibility index (Phi) is 7.90. The molecule has 0 heterocycles. The van der Waals surface area contributed by atoms with Crippen molar-refractivity contribution in [1.82, 2.24) is 10.2 Å². The molecule has 0 saturated carbocycles. The highest BCUT2D eigenvalue weighted by Gasteiger charge is 2.28. The fourth-order valence-electron chi connectivity index (χ4n) is 3.11. The fraction of sp³-hybridized carbons (Fsp3) is 0.364. The highest BCUT2D eigenvalue weighted by atomic mass is 35.5. The molecule has 0 radical (unpaired) electrons. The molecule has 0 aliphatic carbocycles. The lowest BCUT2D eigenvalue weighted by Crippen LogP contribution is -2.48. The lowest BCUT2D eigenvalue weighted by atomic mass is 10.0. The zero-order valence-electron chi connectivity index (χ0n) is 16.7. The average molecular weight is 421 g/mol. The summed E-state index contributed by atoms with van der Waals surface area (Å²) in [5.41, 5.74) is 3.99. The zero-order chi connectivity index (χ0) is 20.8. The van der Waals surface area contributed by atoms with Gasteiger partial charge in [0.05, 0.1) is 6.42 Å². The predicted octanol–water partition coefficient (Wildman–Crippen LogP) is 4.71. The Labute approximate surface area is 176 Å². The van der Waals surface area contributed by atoms with Gasteiger partial charge in [0.2, 0.25) is 11.8 Å². The molecular weight excluding hydrogens is 395 g/mol. The maximum Gasteiger partial charge on any atom is 0.242 e. The largest absolute Gasteiger partial charge is 0.357 e. The summed E-state index contributed by atoms with van der Waals surface area (Å²) in [5.74, 6) is -0.314. The van der Waals surface area contributed by atoms with Gasteiger partial charge in [-0.25, -0.2) is 0 Å². The molecule has 0 unspecified atom stereocenters. The van der Waals surface area contributed by atoms with Gasteiger partial charge in [-0.2, -0.15) is 0 Å². The Morgan fingerprint density at radius 1 is 1.07 bits per heavy atom. The Hall–Kier alpha value is -2.04. The summed E-state index contributed by atoms with van der Waals surface area (Å²) in [7, 11) is 1.58. The third-order valence-electron chi connectivity index (χ3n) is 4.91. The standard InChI is InChI=1S/C22H26Cl2N2O2/c1-5-20(22(28)25-4)26(13-17-8-9-18(23)12-19(17)24)21(27)11-16-7-6-14(2)15(3)10-16/h6-10,12,20H,5,11,13H2,1-4H3,(H,25,28)/t20-/m1/s1. The van der Waals surface area contributed by atoms with Gasteiger partial charge >= 0.3 is 0 Å². The van der Waals surface area contributed by atoms with Gasteiger partial charge in [-0.1, -0.05) is 54.4 Å². The molecule has 1 atom stereocenters. The van der Waals surface area contributed by atoms with Crippen LogP contribution in [-0.2, 0) is 22.6 Å². The molecule has 0 saturated heterocycles. The van der Waals surface area contributed by atoms with Crippen LogP contribution < -0.4 is 5.32 Å². The number of hydrogen-bond acceptors (Lipinski definition) is 2. The van der Waals surface area contributed by atoms with Crippen molar-refractivity contribution in [2.45, 2.75) is 46.2 Å². The van der Waals surface area contributed by atoms with Crippen LogP contribution in [0.25, 0.3) is 0 Å². The first-order valence-corrected chi connectivity index (χ1v) is 10.0. The SMILES string of the molecule is CC[C@H](C(=O)NC)N(Cc1ccc(Cl)cc1Cl)C(=O)Cc1ccc(C)c(C)c1. The van der Waals surface area contributed by atoms with Crippen LogP contribution in [0.4, 0.5) is 0 Å². The second-order valence-electron chi connectivity index (χ2n) is 6.89. The first-order valence-electron chi connectivity index (χ1n) is 9.28. The topological polar surface area (TPSA) is 49.4 Å². The second-order valence-corrected chi connectivity index (χ2v) is 7.73. The van der Waals surface area contributed by atoms with Crippen molar-refractivity contribution in [1.29, 1.82) is 0 Å². The Morgan fingerprint density at radius 2 is 1.79 bits per heavy atom. The quantitative estimate of drug-likeness (QED) is 0.704. The number of carbonyl (C=O) groups excluding carboxylic acids is 2. The third-order valence-corrected chi connectivity index (χ3v) is 5.50. The first kappa shape index (κ1) is 22.3. The van der Waals surface area contributed by atoms with Gasteiger partial charge < -0.3 is 10.2 Å². The zero-order valence-corrected chi connectivity index (χ0v) is 18.2. The van der Waals surface area contributed by atoms with E-state index in [-0.39, 0.29) is 24.8 Å². The molecule has 28 heavy (non-hydrogen) atoms. The number of likely N-dealkylation sites (N-methyl/N-ethyl adjacent to an activating group) is 1. The third kappa shape index (κ3) is 5.49. The van der Waals surface area contributed by atoms with Crippen molar-refractivity contribution in [3.05, 3.63) is 68.7 Å². The van der Waals surface area contributed by atoms with Crippen LogP contribution in [0, 0.1) is 13.8 Å². The normalized spacial score (nSPS) is 11.8. The highest BCUT2D eigenvalue weighted by Crippen LogP contribution is 2.24. The van der Waals surface area contributed by atoms with Gasteiger partial charge in [-0.3, -0.25) is 9.59 Å². The Bertz CT molecular complexity index is 868. The maximum atomic E-state index is 13.2. The molecule has 0 aromatic heterocycles. The first-order chi connectivity index (χ1) is 13.3. The number of nitrogens with one attached hydrogen (secondary N) is 1. The molecule has 0 bridgehead atoms. The van der Waals surface area contributed by atoms with E-state index >= 15 is 0 Å². The van der Waals surface area contributed by atoms with Crippen LogP contribution in [0.2, 0.25) is 10.0 Å². The molecule has 0 spiro atoms. The van der Waals surface area contributed by atoms with Gasteiger partial charge in [-0.05, 0) is 54.7 Å². The number of carbonyl (C=O) groups is 2. The van der Waals surface area contributed by atoms with E-state index in [2.05, 4.69) is 5.32 Å². The molecule has 2 aromatic carbocycles. The number of nitrogens with zero attached hydrogens (tertiary/aromatic N) is 1. The van der Waals surface area contributed by atoms with Crippen LogP contribution in [0.15, 0.2) is 36.4 Å². The minimum absolute atomic E-state index is 0.121. The molecule has 0 aliphatic heterocycles. The Morgan fingerprint density at radius 3 is 2.36 bits per heavy atom. The molecule has 2 amide bonds. The number of benzene rings is 2.